The first-order chi connectivity index (χ1) is 13.9. The molecule has 0 saturated heterocycles. The van der Waals surface area contributed by atoms with Gasteiger partial charge in [-0.15, -0.1) is 10.2 Å². The molecule has 3 aromatic rings. The number of fused-ring (bicyclic) bond motifs is 1. The Morgan fingerprint density at radius 1 is 1.21 bits per heavy atom. The van der Waals surface area contributed by atoms with E-state index >= 15 is 0 Å². The van der Waals surface area contributed by atoms with E-state index in [1.807, 2.05) is 77.8 Å². The number of benzene rings is 1. The molecule has 1 aromatic carbocycles. The average Bonchev–Trinajstić information content (AvgIpc) is 3.26. The maximum absolute atomic E-state index is 13.2. The summed E-state index contributed by atoms with van der Waals surface area (Å²) in [5.74, 6) is 0.770. The Morgan fingerprint density at radius 3 is 2.69 bits per heavy atom. The molecule has 0 atom stereocenters. The van der Waals surface area contributed by atoms with Crippen LogP contribution >= 0.6 is 11.8 Å². The fraction of sp³-hybridized carbons (Fsp3) is 0.400. The van der Waals surface area contributed by atoms with Crippen molar-refractivity contribution in [2.45, 2.75) is 18.1 Å². The van der Waals surface area contributed by atoms with E-state index < -0.39 is 0 Å². The molecule has 1 aliphatic rings. The third-order valence-electron chi connectivity index (χ3n) is 5.37. The van der Waals surface area contributed by atoms with Gasteiger partial charge in [0.05, 0.1) is 6.54 Å². The summed E-state index contributed by atoms with van der Waals surface area (Å²) in [6, 6.07) is 7.75. The van der Waals surface area contributed by atoms with E-state index in [2.05, 4.69) is 10.2 Å². The summed E-state index contributed by atoms with van der Waals surface area (Å²) >= 11 is 1.55. The molecule has 0 aliphatic carbocycles. The summed E-state index contributed by atoms with van der Waals surface area (Å²) < 4.78 is 3.86. The van der Waals surface area contributed by atoms with Crippen LogP contribution < -0.4 is 4.90 Å². The lowest BCUT2D eigenvalue weighted by atomic mass is 10.0. The Bertz CT molecular complexity index is 1070. The average molecular weight is 412 g/mol. The van der Waals surface area contributed by atoms with Gasteiger partial charge in [-0.05, 0) is 24.5 Å². The molecule has 3 heterocycles. The highest BCUT2D eigenvalue weighted by Crippen LogP contribution is 2.30. The molecule has 8 nitrogen and oxygen atoms in total. The van der Waals surface area contributed by atoms with Crippen molar-refractivity contribution >= 4 is 23.4 Å². The zero-order chi connectivity index (χ0) is 20.7. The molecule has 2 aromatic heterocycles. The monoisotopic (exact) mass is 411 g/mol. The molecule has 0 fully saturated rings. The van der Waals surface area contributed by atoms with E-state index in [-0.39, 0.29) is 5.91 Å². The zero-order valence-corrected chi connectivity index (χ0v) is 18.2. The number of amides is 1. The second-order valence-electron chi connectivity index (χ2n) is 7.39. The lowest BCUT2D eigenvalue weighted by molar-refractivity contribution is 0.0733. The first-order valence-electron chi connectivity index (χ1n) is 9.46. The molecular formula is C20H25N7OS. The van der Waals surface area contributed by atoms with Gasteiger partial charge in [0.1, 0.15) is 5.69 Å². The van der Waals surface area contributed by atoms with Gasteiger partial charge in [0.2, 0.25) is 0 Å². The fourth-order valence-corrected chi connectivity index (χ4v) is 4.23. The second kappa shape index (κ2) is 7.55. The van der Waals surface area contributed by atoms with Gasteiger partial charge in [0, 0.05) is 63.7 Å². The molecule has 9 heteroatoms. The van der Waals surface area contributed by atoms with Crippen molar-refractivity contribution < 1.29 is 4.79 Å². The molecule has 1 amide bonds. The van der Waals surface area contributed by atoms with Gasteiger partial charge < -0.3 is 14.4 Å². The quantitative estimate of drug-likeness (QED) is 0.613. The van der Waals surface area contributed by atoms with Crippen LogP contribution in [0.3, 0.4) is 0 Å². The SMILES string of the molecule is CSc1nnc(-c2nn(C)c3c2CN(C(=O)c2cccc(N(C)C)c2)CC3)n1C. The fourth-order valence-electron chi connectivity index (χ4n) is 3.74. The van der Waals surface area contributed by atoms with Crippen LogP contribution in [-0.2, 0) is 27.1 Å². The van der Waals surface area contributed by atoms with E-state index in [0.717, 1.165) is 40.0 Å². The Balaban J connectivity index is 1.67. The van der Waals surface area contributed by atoms with E-state index in [1.165, 1.54) is 0 Å². The minimum atomic E-state index is 0.0388. The summed E-state index contributed by atoms with van der Waals surface area (Å²) in [7, 11) is 7.85. The number of hydrogen-bond donors (Lipinski definition) is 0. The van der Waals surface area contributed by atoms with Crippen LogP contribution in [0, 0.1) is 0 Å². The van der Waals surface area contributed by atoms with Crippen LogP contribution in [0.5, 0.6) is 0 Å². The maximum atomic E-state index is 13.2. The molecule has 4 rings (SSSR count). The van der Waals surface area contributed by atoms with Crippen molar-refractivity contribution in [3.05, 3.63) is 41.1 Å². The van der Waals surface area contributed by atoms with Gasteiger partial charge in [0.15, 0.2) is 11.0 Å². The van der Waals surface area contributed by atoms with Crippen LogP contribution in [-0.4, -0.2) is 62.2 Å². The van der Waals surface area contributed by atoms with Crippen molar-refractivity contribution in [1.82, 2.24) is 29.4 Å². The lowest BCUT2D eigenvalue weighted by Gasteiger charge is -2.28. The molecular weight excluding hydrogens is 386 g/mol. The minimum Gasteiger partial charge on any atom is -0.378 e. The molecule has 0 radical (unpaired) electrons. The molecule has 29 heavy (non-hydrogen) atoms. The first-order valence-corrected chi connectivity index (χ1v) is 10.7. The minimum absolute atomic E-state index is 0.0388. The Kier molecular flexibility index (Phi) is 5.08. The van der Waals surface area contributed by atoms with Crippen LogP contribution in [0.25, 0.3) is 11.5 Å². The normalized spacial score (nSPS) is 13.5. The third-order valence-corrected chi connectivity index (χ3v) is 6.09. The van der Waals surface area contributed by atoms with Gasteiger partial charge in [-0.2, -0.15) is 5.10 Å². The second-order valence-corrected chi connectivity index (χ2v) is 8.16. The summed E-state index contributed by atoms with van der Waals surface area (Å²) in [4.78, 5) is 17.1. The number of hydrogen-bond acceptors (Lipinski definition) is 6. The molecule has 0 spiro atoms. The van der Waals surface area contributed by atoms with Crippen LogP contribution in [0.4, 0.5) is 5.69 Å². The highest BCUT2D eigenvalue weighted by atomic mass is 32.2. The van der Waals surface area contributed by atoms with Gasteiger partial charge >= 0.3 is 0 Å². The van der Waals surface area contributed by atoms with E-state index in [1.54, 1.807) is 11.8 Å². The Hall–Kier alpha value is -2.81. The molecule has 0 saturated carbocycles. The topological polar surface area (TPSA) is 72.1 Å². The van der Waals surface area contributed by atoms with Crippen LogP contribution in [0.1, 0.15) is 21.6 Å². The zero-order valence-electron chi connectivity index (χ0n) is 17.4. The first kappa shape index (κ1) is 19.5. The van der Waals surface area contributed by atoms with Crippen molar-refractivity contribution in [2.24, 2.45) is 14.1 Å². The Morgan fingerprint density at radius 2 is 2.00 bits per heavy atom. The largest absolute Gasteiger partial charge is 0.378 e. The van der Waals surface area contributed by atoms with Crippen molar-refractivity contribution in [1.29, 1.82) is 0 Å². The highest BCUT2D eigenvalue weighted by Gasteiger charge is 2.29. The van der Waals surface area contributed by atoms with Gasteiger partial charge in [-0.1, -0.05) is 17.8 Å². The number of nitrogens with zero attached hydrogens (tertiary/aromatic N) is 7. The smallest absolute Gasteiger partial charge is 0.254 e. The summed E-state index contributed by atoms with van der Waals surface area (Å²) in [6.45, 7) is 1.19. The molecule has 152 valence electrons. The molecule has 0 unspecified atom stereocenters. The maximum Gasteiger partial charge on any atom is 0.254 e. The summed E-state index contributed by atoms with van der Waals surface area (Å²) in [6.07, 6.45) is 2.75. The van der Waals surface area contributed by atoms with Gasteiger partial charge in [-0.3, -0.25) is 9.48 Å². The van der Waals surface area contributed by atoms with Gasteiger partial charge in [-0.25, -0.2) is 0 Å². The number of anilines is 1. The third kappa shape index (κ3) is 3.39. The number of carbonyl (C=O) groups excluding carboxylic acids is 1. The number of carbonyl (C=O) groups is 1. The number of thioether (sulfide) groups is 1. The lowest BCUT2D eigenvalue weighted by Crippen LogP contribution is -2.36. The predicted octanol–water partition coefficient (Wildman–Crippen LogP) is 2.20. The van der Waals surface area contributed by atoms with Crippen LogP contribution in [0.15, 0.2) is 29.4 Å². The molecule has 1 aliphatic heterocycles. The van der Waals surface area contributed by atoms with E-state index in [4.69, 9.17) is 5.10 Å². The van der Waals surface area contributed by atoms with E-state index in [9.17, 15) is 4.79 Å². The number of aryl methyl sites for hydroxylation is 1. The highest BCUT2D eigenvalue weighted by molar-refractivity contribution is 7.98. The van der Waals surface area contributed by atoms with Gasteiger partial charge in [0.25, 0.3) is 5.91 Å². The molecule has 0 N–H and O–H groups in total. The number of aromatic nitrogens is 5. The van der Waals surface area contributed by atoms with Crippen molar-refractivity contribution in [2.75, 3.05) is 31.8 Å². The Labute approximate surface area is 174 Å². The van der Waals surface area contributed by atoms with Crippen molar-refractivity contribution in [3.8, 4) is 11.5 Å². The predicted molar refractivity (Wildman–Crippen MR) is 114 cm³/mol. The van der Waals surface area contributed by atoms with E-state index in [0.29, 0.717) is 18.7 Å². The number of rotatable bonds is 4. The molecule has 0 bridgehead atoms. The standard InChI is InChI=1S/C20H25N7OS/c1-24(2)14-8-6-7-13(11-14)19(28)27-10-9-16-15(12-27)17(23-26(16)4)18-21-22-20(29-5)25(18)3/h6-8,11H,9-10,12H2,1-5H3. The summed E-state index contributed by atoms with van der Waals surface area (Å²) in [5.41, 5.74) is 4.73. The summed E-state index contributed by atoms with van der Waals surface area (Å²) in [5, 5.41) is 14.1. The van der Waals surface area contributed by atoms with Crippen molar-refractivity contribution in [3.63, 3.8) is 0 Å². The van der Waals surface area contributed by atoms with Crippen LogP contribution in [0.2, 0.25) is 0 Å².